The van der Waals surface area contributed by atoms with Gasteiger partial charge in [0.15, 0.2) is 16.5 Å². The van der Waals surface area contributed by atoms with Crippen molar-refractivity contribution in [2.24, 2.45) is 0 Å². The van der Waals surface area contributed by atoms with Crippen LogP contribution in [-0.2, 0) is 4.79 Å². The second-order valence-corrected chi connectivity index (χ2v) is 5.92. The highest BCUT2D eigenvalue weighted by Crippen LogP contribution is 2.37. The maximum absolute atomic E-state index is 10.9. The van der Waals surface area contributed by atoms with E-state index in [1.54, 1.807) is 6.08 Å². The van der Waals surface area contributed by atoms with Crippen LogP contribution in [0.5, 0.6) is 11.5 Å². The van der Waals surface area contributed by atoms with E-state index in [4.69, 9.17) is 14.6 Å². The van der Waals surface area contributed by atoms with E-state index in [9.17, 15) is 4.79 Å². The van der Waals surface area contributed by atoms with Gasteiger partial charge < -0.3 is 14.6 Å². The number of fused-ring (bicyclic) bond motifs is 2. The van der Waals surface area contributed by atoms with Crippen molar-refractivity contribution in [3.63, 3.8) is 0 Å². The fourth-order valence-corrected chi connectivity index (χ4v) is 3.46. The molecule has 4 rings (SSSR count). The molecule has 0 saturated carbocycles. The third kappa shape index (κ3) is 2.25. The van der Waals surface area contributed by atoms with Crippen LogP contribution in [0.4, 0.5) is 0 Å². The molecule has 0 radical (unpaired) electrons. The summed E-state index contributed by atoms with van der Waals surface area (Å²) in [6.07, 6.45) is 2.69. The van der Waals surface area contributed by atoms with E-state index in [0.29, 0.717) is 11.5 Å². The molecule has 1 aliphatic heterocycles. The lowest BCUT2D eigenvalue weighted by Crippen LogP contribution is -1.93. The van der Waals surface area contributed by atoms with Crippen LogP contribution in [0, 0.1) is 6.92 Å². The molecule has 0 amide bonds. The number of carboxylic acids is 1. The van der Waals surface area contributed by atoms with Crippen molar-refractivity contribution < 1.29 is 19.4 Å². The standard InChI is InChI=1S/C16H12N2O4S/c1-9-7-23-16-17-15(11(18(9)16)3-5-14(19)20)10-2-4-12-13(6-10)22-8-21-12/h2-7H,8H2,1H3,(H,19,20). The summed E-state index contributed by atoms with van der Waals surface area (Å²) < 4.78 is 12.7. The predicted molar refractivity (Wildman–Crippen MR) is 86.0 cm³/mol. The van der Waals surface area contributed by atoms with Gasteiger partial charge >= 0.3 is 5.97 Å². The summed E-state index contributed by atoms with van der Waals surface area (Å²) in [5.41, 5.74) is 3.32. The van der Waals surface area contributed by atoms with E-state index in [0.717, 1.165) is 33.7 Å². The Balaban J connectivity index is 1.92. The number of aliphatic carboxylic acids is 1. The number of imidazole rings is 1. The topological polar surface area (TPSA) is 73.1 Å². The SMILES string of the molecule is Cc1csc2nc(-c3ccc4c(c3)OCO4)c(C=CC(=O)O)n12. The maximum atomic E-state index is 10.9. The quantitative estimate of drug-likeness (QED) is 0.748. The van der Waals surface area contributed by atoms with Gasteiger partial charge in [0.25, 0.3) is 0 Å². The number of aromatic nitrogens is 2. The van der Waals surface area contributed by atoms with Crippen LogP contribution in [0.2, 0.25) is 0 Å². The summed E-state index contributed by atoms with van der Waals surface area (Å²) in [5.74, 6) is 0.377. The summed E-state index contributed by atoms with van der Waals surface area (Å²) in [6.45, 7) is 2.18. The van der Waals surface area contributed by atoms with Crippen molar-refractivity contribution in [1.29, 1.82) is 0 Å². The molecule has 2 aromatic heterocycles. The lowest BCUT2D eigenvalue weighted by Gasteiger charge is -2.03. The number of thiazole rings is 1. The highest BCUT2D eigenvalue weighted by atomic mass is 32.1. The number of hydrogen-bond donors (Lipinski definition) is 1. The largest absolute Gasteiger partial charge is 0.478 e. The lowest BCUT2D eigenvalue weighted by atomic mass is 10.1. The zero-order valence-corrected chi connectivity index (χ0v) is 13.0. The second-order valence-electron chi connectivity index (χ2n) is 5.08. The number of aryl methyl sites for hydroxylation is 1. The Morgan fingerprint density at radius 3 is 3.04 bits per heavy atom. The van der Waals surface area contributed by atoms with Crippen molar-refractivity contribution in [1.82, 2.24) is 9.38 Å². The van der Waals surface area contributed by atoms with E-state index in [1.807, 2.05) is 34.9 Å². The summed E-state index contributed by atoms with van der Waals surface area (Å²) >= 11 is 1.52. The first-order valence-electron chi connectivity index (χ1n) is 6.91. The van der Waals surface area contributed by atoms with Crippen molar-refractivity contribution in [2.75, 3.05) is 6.79 Å². The zero-order chi connectivity index (χ0) is 16.0. The molecule has 3 heterocycles. The van der Waals surface area contributed by atoms with E-state index in [1.165, 1.54) is 11.3 Å². The van der Waals surface area contributed by atoms with Crippen molar-refractivity contribution >= 4 is 28.3 Å². The number of benzene rings is 1. The highest BCUT2D eigenvalue weighted by molar-refractivity contribution is 7.15. The normalized spacial score (nSPS) is 13.3. The van der Waals surface area contributed by atoms with Gasteiger partial charge in [-0.3, -0.25) is 4.40 Å². The van der Waals surface area contributed by atoms with E-state index >= 15 is 0 Å². The van der Waals surface area contributed by atoms with Gasteiger partial charge in [0.05, 0.1) is 11.4 Å². The van der Waals surface area contributed by atoms with Gasteiger partial charge in [-0.2, -0.15) is 0 Å². The van der Waals surface area contributed by atoms with Crippen LogP contribution in [0.3, 0.4) is 0 Å². The molecule has 3 aromatic rings. The molecule has 1 N–H and O–H groups in total. The molecule has 0 aliphatic carbocycles. The Bertz CT molecular complexity index is 955. The van der Waals surface area contributed by atoms with Gasteiger partial charge in [-0.25, -0.2) is 9.78 Å². The minimum atomic E-state index is -0.996. The number of nitrogens with zero attached hydrogens (tertiary/aromatic N) is 2. The van der Waals surface area contributed by atoms with E-state index < -0.39 is 5.97 Å². The molecule has 7 heteroatoms. The predicted octanol–water partition coefficient (Wildman–Crippen LogP) is 3.20. The molecule has 1 aliphatic rings. The molecule has 0 atom stereocenters. The number of ether oxygens (including phenoxy) is 2. The first kappa shape index (κ1) is 13.8. The summed E-state index contributed by atoms with van der Waals surface area (Å²) in [7, 11) is 0. The van der Waals surface area contributed by atoms with Crippen LogP contribution in [-0.4, -0.2) is 27.3 Å². The minimum absolute atomic E-state index is 0.210. The molecule has 1 aromatic carbocycles. The Hall–Kier alpha value is -2.80. The number of hydrogen-bond acceptors (Lipinski definition) is 5. The molecule has 116 valence electrons. The van der Waals surface area contributed by atoms with Crippen molar-refractivity contribution in [3.05, 3.63) is 41.0 Å². The van der Waals surface area contributed by atoms with Gasteiger partial charge in [0.1, 0.15) is 0 Å². The van der Waals surface area contributed by atoms with Gasteiger partial charge in [-0.1, -0.05) is 0 Å². The second kappa shape index (κ2) is 5.13. The van der Waals surface area contributed by atoms with Crippen LogP contribution < -0.4 is 9.47 Å². The van der Waals surface area contributed by atoms with Gasteiger partial charge in [-0.15, -0.1) is 11.3 Å². The van der Waals surface area contributed by atoms with Crippen molar-refractivity contribution in [3.8, 4) is 22.8 Å². The third-order valence-corrected chi connectivity index (χ3v) is 4.54. The van der Waals surface area contributed by atoms with Crippen LogP contribution >= 0.6 is 11.3 Å². The summed E-state index contributed by atoms with van der Waals surface area (Å²) in [4.78, 5) is 16.4. The molecule has 6 nitrogen and oxygen atoms in total. The molecule has 0 fully saturated rings. The Morgan fingerprint density at radius 2 is 2.22 bits per heavy atom. The fraction of sp³-hybridized carbons (Fsp3) is 0.125. The van der Waals surface area contributed by atoms with E-state index in [-0.39, 0.29) is 6.79 Å². The van der Waals surface area contributed by atoms with Gasteiger partial charge in [0.2, 0.25) is 6.79 Å². The smallest absolute Gasteiger partial charge is 0.328 e. The average molecular weight is 328 g/mol. The molecule has 0 spiro atoms. The number of rotatable bonds is 3. The third-order valence-electron chi connectivity index (χ3n) is 3.60. The van der Waals surface area contributed by atoms with Crippen LogP contribution in [0.1, 0.15) is 11.4 Å². The Morgan fingerprint density at radius 1 is 1.39 bits per heavy atom. The van der Waals surface area contributed by atoms with Gasteiger partial charge in [-0.05, 0) is 31.2 Å². The maximum Gasteiger partial charge on any atom is 0.328 e. The Kier molecular flexibility index (Phi) is 3.09. The Labute approximate surface area is 135 Å². The average Bonchev–Trinajstić information content (AvgIpc) is 3.21. The summed E-state index contributed by atoms with van der Waals surface area (Å²) in [5, 5.41) is 10.9. The molecule has 0 unspecified atom stereocenters. The molecule has 0 bridgehead atoms. The first-order chi connectivity index (χ1) is 11.1. The van der Waals surface area contributed by atoms with Gasteiger partial charge in [0, 0.05) is 22.7 Å². The highest BCUT2D eigenvalue weighted by Gasteiger charge is 2.19. The van der Waals surface area contributed by atoms with Crippen LogP contribution in [0.15, 0.2) is 29.7 Å². The number of carboxylic acid groups (broad SMARTS) is 1. The van der Waals surface area contributed by atoms with E-state index in [2.05, 4.69) is 4.98 Å². The van der Waals surface area contributed by atoms with Crippen molar-refractivity contribution in [2.45, 2.75) is 6.92 Å². The molecule has 23 heavy (non-hydrogen) atoms. The molecular weight excluding hydrogens is 316 g/mol. The lowest BCUT2D eigenvalue weighted by molar-refractivity contribution is -0.131. The fourth-order valence-electron chi connectivity index (χ4n) is 2.58. The molecule has 0 saturated heterocycles. The minimum Gasteiger partial charge on any atom is -0.478 e. The zero-order valence-electron chi connectivity index (χ0n) is 12.1. The van der Waals surface area contributed by atoms with Crippen LogP contribution in [0.25, 0.3) is 22.3 Å². The summed E-state index contributed by atoms with van der Waals surface area (Å²) in [6, 6.07) is 5.60. The number of carbonyl (C=O) groups is 1. The molecular formula is C16H12N2O4S. The monoisotopic (exact) mass is 328 g/mol. The first-order valence-corrected chi connectivity index (χ1v) is 7.79.